The molecule has 1 amide bonds. The Bertz CT molecular complexity index is 1020. The van der Waals surface area contributed by atoms with Gasteiger partial charge in [0.05, 0.1) is 18.0 Å². The van der Waals surface area contributed by atoms with E-state index in [1.807, 2.05) is 73.7 Å². The number of hydrogen-bond donors (Lipinski definition) is 1. The van der Waals surface area contributed by atoms with Crippen LogP contribution >= 0.6 is 0 Å². The SMILES string of the molecule is CC(NC(=O)c1cc(-c2ccco2)nn1-c1ccccc1)c1ccccc1. The Kier molecular flexibility index (Phi) is 4.58. The molecule has 0 spiro atoms. The lowest BCUT2D eigenvalue weighted by Gasteiger charge is -2.15. The lowest BCUT2D eigenvalue weighted by atomic mass is 10.1. The Morgan fingerprint density at radius 1 is 1.00 bits per heavy atom. The van der Waals surface area contributed by atoms with Crippen molar-refractivity contribution in [3.8, 4) is 17.1 Å². The Morgan fingerprint density at radius 2 is 1.70 bits per heavy atom. The van der Waals surface area contributed by atoms with Crippen molar-refractivity contribution < 1.29 is 9.21 Å². The fraction of sp³-hybridized carbons (Fsp3) is 0.0909. The van der Waals surface area contributed by atoms with Crippen molar-refractivity contribution >= 4 is 5.91 Å². The molecule has 0 bridgehead atoms. The minimum atomic E-state index is -0.194. The second-order valence-corrected chi connectivity index (χ2v) is 6.25. The molecule has 0 aliphatic heterocycles. The zero-order valence-corrected chi connectivity index (χ0v) is 14.9. The third-order valence-electron chi connectivity index (χ3n) is 4.36. The lowest BCUT2D eigenvalue weighted by Crippen LogP contribution is -2.28. The van der Waals surface area contributed by atoms with E-state index >= 15 is 0 Å². The highest BCUT2D eigenvalue weighted by molar-refractivity contribution is 5.94. The number of carbonyl (C=O) groups is 1. The van der Waals surface area contributed by atoms with Crippen LogP contribution in [0.25, 0.3) is 17.1 Å². The molecule has 0 aliphatic carbocycles. The Hall–Kier alpha value is -3.60. The van der Waals surface area contributed by atoms with Gasteiger partial charge in [0.2, 0.25) is 0 Å². The highest BCUT2D eigenvalue weighted by atomic mass is 16.3. The van der Waals surface area contributed by atoms with Crippen LogP contribution < -0.4 is 5.32 Å². The molecule has 0 fully saturated rings. The standard InChI is InChI=1S/C22H19N3O2/c1-16(17-9-4-2-5-10-17)23-22(26)20-15-19(21-13-8-14-27-21)24-25(20)18-11-6-3-7-12-18/h2-16H,1H3,(H,23,26). The molecule has 27 heavy (non-hydrogen) atoms. The average Bonchev–Trinajstić information content (AvgIpc) is 3.39. The molecule has 1 unspecified atom stereocenters. The third-order valence-corrected chi connectivity index (χ3v) is 4.36. The number of rotatable bonds is 5. The monoisotopic (exact) mass is 357 g/mol. The smallest absolute Gasteiger partial charge is 0.270 e. The maximum Gasteiger partial charge on any atom is 0.270 e. The second-order valence-electron chi connectivity index (χ2n) is 6.25. The quantitative estimate of drug-likeness (QED) is 0.567. The first-order valence-electron chi connectivity index (χ1n) is 8.77. The maximum absolute atomic E-state index is 13.0. The van der Waals surface area contributed by atoms with Crippen molar-refractivity contribution in [1.29, 1.82) is 0 Å². The average molecular weight is 357 g/mol. The number of nitrogens with one attached hydrogen (secondary N) is 1. The molecule has 5 heteroatoms. The molecule has 2 aromatic carbocycles. The Balaban J connectivity index is 1.69. The fourth-order valence-corrected chi connectivity index (χ4v) is 2.95. The van der Waals surface area contributed by atoms with Gasteiger partial charge in [-0.05, 0) is 36.8 Å². The normalized spacial score (nSPS) is 11.9. The first-order chi connectivity index (χ1) is 13.2. The number of carbonyl (C=O) groups excluding carboxylic acids is 1. The number of amides is 1. The van der Waals surface area contributed by atoms with Crippen LogP contribution in [-0.2, 0) is 0 Å². The number of para-hydroxylation sites is 1. The molecule has 0 saturated heterocycles. The zero-order chi connectivity index (χ0) is 18.6. The van der Waals surface area contributed by atoms with Gasteiger partial charge in [-0.2, -0.15) is 5.10 Å². The summed E-state index contributed by atoms with van der Waals surface area (Å²) in [5, 5.41) is 7.64. The predicted octanol–water partition coefficient (Wildman–Crippen LogP) is 4.62. The van der Waals surface area contributed by atoms with Crippen LogP contribution in [0.3, 0.4) is 0 Å². The van der Waals surface area contributed by atoms with Crippen LogP contribution in [0.4, 0.5) is 0 Å². The highest BCUT2D eigenvalue weighted by Crippen LogP contribution is 2.23. The van der Waals surface area contributed by atoms with Crippen LogP contribution in [0.1, 0.15) is 29.0 Å². The molecule has 0 radical (unpaired) electrons. The van der Waals surface area contributed by atoms with Gasteiger partial charge < -0.3 is 9.73 Å². The number of nitrogens with zero attached hydrogens (tertiary/aromatic N) is 2. The van der Waals surface area contributed by atoms with Gasteiger partial charge in [-0.1, -0.05) is 48.5 Å². The molecule has 134 valence electrons. The molecule has 4 rings (SSSR count). The molecule has 5 nitrogen and oxygen atoms in total. The summed E-state index contributed by atoms with van der Waals surface area (Å²) in [6, 6.07) is 24.7. The largest absolute Gasteiger partial charge is 0.463 e. The van der Waals surface area contributed by atoms with E-state index in [2.05, 4.69) is 10.4 Å². The van der Waals surface area contributed by atoms with Crippen LogP contribution in [0.2, 0.25) is 0 Å². The summed E-state index contributed by atoms with van der Waals surface area (Å²) < 4.78 is 7.09. The van der Waals surface area contributed by atoms with Gasteiger partial charge in [0.25, 0.3) is 5.91 Å². The van der Waals surface area contributed by atoms with Crippen molar-refractivity contribution in [2.75, 3.05) is 0 Å². The van der Waals surface area contributed by atoms with Gasteiger partial charge in [0, 0.05) is 6.07 Å². The van der Waals surface area contributed by atoms with Crippen LogP contribution in [-0.4, -0.2) is 15.7 Å². The van der Waals surface area contributed by atoms with E-state index < -0.39 is 0 Å². The second kappa shape index (κ2) is 7.33. The van der Waals surface area contributed by atoms with Gasteiger partial charge in [-0.15, -0.1) is 0 Å². The van der Waals surface area contributed by atoms with Gasteiger partial charge >= 0.3 is 0 Å². The van der Waals surface area contributed by atoms with E-state index in [1.165, 1.54) is 0 Å². The van der Waals surface area contributed by atoms with E-state index in [0.717, 1.165) is 11.3 Å². The van der Waals surface area contributed by atoms with E-state index in [0.29, 0.717) is 17.1 Å². The molecule has 1 N–H and O–H groups in total. The van der Waals surface area contributed by atoms with Crippen molar-refractivity contribution in [3.63, 3.8) is 0 Å². The summed E-state index contributed by atoms with van der Waals surface area (Å²) in [6.45, 7) is 1.96. The third kappa shape index (κ3) is 3.53. The van der Waals surface area contributed by atoms with Crippen molar-refractivity contribution in [2.45, 2.75) is 13.0 Å². The Morgan fingerprint density at radius 3 is 2.37 bits per heavy atom. The molecular weight excluding hydrogens is 338 g/mol. The molecule has 0 saturated carbocycles. The van der Waals surface area contributed by atoms with Crippen molar-refractivity contribution in [3.05, 3.63) is 96.4 Å². The van der Waals surface area contributed by atoms with Gasteiger partial charge in [0.1, 0.15) is 11.4 Å². The zero-order valence-electron chi connectivity index (χ0n) is 14.9. The van der Waals surface area contributed by atoms with Gasteiger partial charge in [-0.3, -0.25) is 4.79 Å². The van der Waals surface area contributed by atoms with Gasteiger partial charge in [0.15, 0.2) is 5.76 Å². The molecular formula is C22H19N3O2. The minimum absolute atomic E-state index is 0.120. The summed E-state index contributed by atoms with van der Waals surface area (Å²) >= 11 is 0. The first-order valence-corrected chi connectivity index (χ1v) is 8.77. The van der Waals surface area contributed by atoms with Crippen molar-refractivity contribution in [1.82, 2.24) is 15.1 Å². The van der Waals surface area contributed by atoms with E-state index in [1.54, 1.807) is 23.1 Å². The highest BCUT2D eigenvalue weighted by Gasteiger charge is 2.20. The summed E-state index contributed by atoms with van der Waals surface area (Å²) in [4.78, 5) is 13.0. The summed E-state index contributed by atoms with van der Waals surface area (Å²) in [5.41, 5.74) is 2.92. The topological polar surface area (TPSA) is 60.1 Å². The lowest BCUT2D eigenvalue weighted by molar-refractivity contribution is 0.0932. The number of aromatic nitrogens is 2. The summed E-state index contributed by atoms with van der Waals surface area (Å²) in [5.74, 6) is 0.426. The minimum Gasteiger partial charge on any atom is -0.463 e. The fourth-order valence-electron chi connectivity index (χ4n) is 2.95. The number of benzene rings is 2. The molecule has 2 heterocycles. The molecule has 1 atom stereocenters. The van der Waals surface area contributed by atoms with Gasteiger partial charge in [-0.25, -0.2) is 4.68 Å². The van der Waals surface area contributed by atoms with Crippen molar-refractivity contribution in [2.24, 2.45) is 0 Å². The van der Waals surface area contributed by atoms with Crippen LogP contribution in [0, 0.1) is 0 Å². The molecule has 2 aromatic heterocycles. The first kappa shape index (κ1) is 16.8. The van der Waals surface area contributed by atoms with E-state index in [4.69, 9.17) is 4.42 Å². The summed E-state index contributed by atoms with van der Waals surface area (Å²) in [7, 11) is 0. The summed E-state index contributed by atoms with van der Waals surface area (Å²) in [6.07, 6.45) is 1.59. The number of furan rings is 1. The molecule has 0 aliphatic rings. The van der Waals surface area contributed by atoms with Crippen LogP contribution in [0.5, 0.6) is 0 Å². The number of hydrogen-bond acceptors (Lipinski definition) is 3. The maximum atomic E-state index is 13.0. The van der Waals surface area contributed by atoms with E-state index in [-0.39, 0.29) is 11.9 Å². The Labute approximate surface area is 157 Å². The van der Waals surface area contributed by atoms with Crippen LogP contribution in [0.15, 0.2) is 89.5 Å². The van der Waals surface area contributed by atoms with E-state index in [9.17, 15) is 4.79 Å². The molecule has 4 aromatic rings. The predicted molar refractivity (Wildman–Crippen MR) is 104 cm³/mol.